The third-order valence-electron chi connectivity index (χ3n) is 4.58. The van der Waals surface area contributed by atoms with E-state index in [0.717, 1.165) is 18.8 Å². The van der Waals surface area contributed by atoms with E-state index < -0.39 is 10.0 Å². The lowest BCUT2D eigenvalue weighted by Crippen LogP contribution is -2.51. The Morgan fingerprint density at radius 2 is 1.83 bits per heavy atom. The summed E-state index contributed by atoms with van der Waals surface area (Å²) in [5.41, 5.74) is 7.02. The second-order valence-electron chi connectivity index (χ2n) is 6.55. The molecule has 0 unspecified atom stereocenters. The maximum atomic E-state index is 13.0. The molecule has 2 aromatic rings. The Bertz CT molecular complexity index is 961. The molecule has 7 nitrogen and oxygen atoms in total. The highest BCUT2D eigenvalue weighted by Crippen LogP contribution is 2.17. The third-order valence-corrected chi connectivity index (χ3v) is 6.27. The molecular formula is C19H23ClFN5O2S. The molecule has 1 aliphatic heterocycles. The van der Waals surface area contributed by atoms with Crippen molar-refractivity contribution >= 4 is 33.3 Å². The summed E-state index contributed by atoms with van der Waals surface area (Å²) >= 11 is 5.84. The molecule has 0 aliphatic carbocycles. The first-order chi connectivity index (χ1) is 13.8. The molecule has 0 atom stereocenters. The van der Waals surface area contributed by atoms with E-state index in [1.807, 2.05) is 4.90 Å². The van der Waals surface area contributed by atoms with E-state index in [-0.39, 0.29) is 23.8 Å². The first-order valence-electron chi connectivity index (χ1n) is 9.16. The molecule has 0 saturated carbocycles. The van der Waals surface area contributed by atoms with Gasteiger partial charge >= 0.3 is 0 Å². The van der Waals surface area contributed by atoms with E-state index in [1.54, 1.807) is 24.3 Å². The van der Waals surface area contributed by atoms with Crippen LogP contribution in [0.5, 0.6) is 0 Å². The van der Waals surface area contributed by atoms with Crippen molar-refractivity contribution in [2.45, 2.75) is 4.90 Å². The van der Waals surface area contributed by atoms with E-state index in [0.29, 0.717) is 24.1 Å². The topological polar surface area (TPSA) is 91.0 Å². The van der Waals surface area contributed by atoms with Crippen molar-refractivity contribution in [3.05, 3.63) is 59.4 Å². The Hall–Kier alpha value is -2.36. The Balaban J connectivity index is 1.46. The zero-order valence-corrected chi connectivity index (χ0v) is 17.3. The van der Waals surface area contributed by atoms with Crippen LogP contribution in [0.4, 0.5) is 10.1 Å². The molecule has 0 aromatic heterocycles. The summed E-state index contributed by atoms with van der Waals surface area (Å²) < 4.78 is 40.0. The van der Waals surface area contributed by atoms with E-state index in [9.17, 15) is 12.8 Å². The van der Waals surface area contributed by atoms with Crippen LogP contribution < -0.4 is 15.4 Å². The van der Waals surface area contributed by atoms with Gasteiger partial charge < -0.3 is 15.5 Å². The van der Waals surface area contributed by atoms with Crippen molar-refractivity contribution in [2.75, 3.05) is 44.2 Å². The minimum Gasteiger partial charge on any atom is -0.370 e. The third kappa shape index (κ3) is 5.81. The molecular weight excluding hydrogens is 417 g/mol. The van der Waals surface area contributed by atoms with Gasteiger partial charge in [0.05, 0.1) is 11.4 Å². The maximum absolute atomic E-state index is 13.0. The van der Waals surface area contributed by atoms with Crippen molar-refractivity contribution in [1.29, 1.82) is 0 Å². The highest BCUT2D eigenvalue weighted by Gasteiger charge is 2.19. The zero-order valence-electron chi connectivity index (χ0n) is 15.8. The number of rotatable bonds is 6. The van der Waals surface area contributed by atoms with Gasteiger partial charge in [0.15, 0.2) is 5.96 Å². The number of anilines is 1. The summed E-state index contributed by atoms with van der Waals surface area (Å²) in [5, 5.41) is 0.356. The van der Waals surface area contributed by atoms with Crippen LogP contribution >= 0.6 is 11.6 Å². The molecule has 2 aromatic carbocycles. The highest BCUT2D eigenvalue weighted by atomic mass is 35.5. The Morgan fingerprint density at radius 1 is 1.14 bits per heavy atom. The Morgan fingerprint density at radius 3 is 2.48 bits per heavy atom. The van der Waals surface area contributed by atoms with Crippen molar-refractivity contribution in [2.24, 2.45) is 10.7 Å². The number of nitrogens with zero attached hydrogens (tertiary/aromatic N) is 3. The molecule has 3 N–H and O–H groups in total. The van der Waals surface area contributed by atoms with Gasteiger partial charge in [-0.15, -0.1) is 0 Å². The van der Waals surface area contributed by atoms with Crippen LogP contribution in [0, 0.1) is 5.82 Å². The number of halogens is 2. The van der Waals surface area contributed by atoms with Gasteiger partial charge in [0.2, 0.25) is 10.0 Å². The average Bonchev–Trinajstić information content (AvgIpc) is 2.72. The molecule has 29 heavy (non-hydrogen) atoms. The second kappa shape index (κ2) is 9.43. The van der Waals surface area contributed by atoms with Gasteiger partial charge in [-0.25, -0.2) is 17.5 Å². The van der Waals surface area contributed by atoms with E-state index in [4.69, 9.17) is 17.3 Å². The van der Waals surface area contributed by atoms with Crippen LogP contribution in [0.1, 0.15) is 0 Å². The molecule has 10 heteroatoms. The minimum absolute atomic E-state index is 0.110. The van der Waals surface area contributed by atoms with Gasteiger partial charge in [-0.1, -0.05) is 17.7 Å². The molecule has 156 valence electrons. The maximum Gasteiger partial charge on any atom is 0.240 e. The predicted octanol–water partition coefficient (Wildman–Crippen LogP) is 1.89. The lowest BCUT2D eigenvalue weighted by atomic mass is 10.2. The fourth-order valence-corrected chi connectivity index (χ4v) is 4.34. The largest absolute Gasteiger partial charge is 0.370 e. The lowest BCUT2D eigenvalue weighted by Gasteiger charge is -2.36. The average molecular weight is 440 g/mol. The summed E-state index contributed by atoms with van der Waals surface area (Å²) in [5.74, 6) is 0.125. The SMILES string of the molecule is NC(=NCCNS(=O)(=O)c1cccc(Cl)c1)N1CCN(c2ccc(F)cc2)CC1. The smallest absolute Gasteiger partial charge is 0.240 e. The molecule has 1 saturated heterocycles. The van der Waals surface area contributed by atoms with E-state index >= 15 is 0 Å². The van der Waals surface area contributed by atoms with Gasteiger partial charge in [-0.05, 0) is 42.5 Å². The van der Waals surface area contributed by atoms with Gasteiger partial charge in [-0.2, -0.15) is 0 Å². The van der Waals surface area contributed by atoms with Gasteiger partial charge in [-0.3, -0.25) is 4.99 Å². The number of hydrogen-bond acceptors (Lipinski definition) is 4. The normalized spacial score (nSPS) is 15.6. The van der Waals surface area contributed by atoms with Gasteiger partial charge in [0.25, 0.3) is 0 Å². The number of guanidine groups is 1. The summed E-state index contributed by atoms with van der Waals surface area (Å²) in [6, 6.07) is 12.5. The van der Waals surface area contributed by atoms with Crippen LogP contribution in [0.15, 0.2) is 58.4 Å². The number of piperazine rings is 1. The predicted molar refractivity (Wildman–Crippen MR) is 113 cm³/mol. The number of nitrogens with one attached hydrogen (secondary N) is 1. The molecule has 0 radical (unpaired) electrons. The van der Waals surface area contributed by atoms with E-state index in [1.165, 1.54) is 24.3 Å². The number of aliphatic imine (C=N–C) groups is 1. The fourth-order valence-electron chi connectivity index (χ4n) is 3.01. The summed E-state index contributed by atoms with van der Waals surface area (Å²) in [6.07, 6.45) is 0. The molecule has 0 spiro atoms. The van der Waals surface area contributed by atoms with E-state index in [2.05, 4.69) is 14.6 Å². The monoisotopic (exact) mass is 439 g/mol. The van der Waals surface area contributed by atoms with Crippen LogP contribution in [0.2, 0.25) is 5.02 Å². The van der Waals surface area contributed by atoms with Crippen LogP contribution in [0.3, 0.4) is 0 Å². The molecule has 0 bridgehead atoms. The lowest BCUT2D eigenvalue weighted by molar-refractivity contribution is 0.381. The van der Waals surface area contributed by atoms with Crippen molar-refractivity contribution < 1.29 is 12.8 Å². The number of sulfonamides is 1. The van der Waals surface area contributed by atoms with Crippen LogP contribution in [-0.4, -0.2) is 58.5 Å². The zero-order chi connectivity index (χ0) is 20.9. The minimum atomic E-state index is -3.64. The van der Waals surface area contributed by atoms with Crippen LogP contribution in [-0.2, 0) is 10.0 Å². The van der Waals surface area contributed by atoms with Crippen molar-refractivity contribution in [1.82, 2.24) is 9.62 Å². The van der Waals surface area contributed by atoms with Crippen molar-refractivity contribution in [3.8, 4) is 0 Å². The molecule has 1 heterocycles. The fraction of sp³-hybridized carbons (Fsp3) is 0.316. The standard InChI is InChI=1S/C19H23ClFN5O2S/c20-15-2-1-3-18(14-15)29(27,28)24-9-8-23-19(22)26-12-10-25(11-13-26)17-6-4-16(21)5-7-17/h1-7,14,24H,8-13H2,(H2,22,23). The summed E-state index contributed by atoms with van der Waals surface area (Å²) in [6.45, 7) is 3.20. The number of benzene rings is 2. The summed E-state index contributed by atoms with van der Waals surface area (Å²) in [4.78, 5) is 8.49. The van der Waals surface area contributed by atoms with Crippen LogP contribution in [0.25, 0.3) is 0 Å². The first kappa shape index (κ1) is 21.4. The number of nitrogens with two attached hydrogens (primary N) is 1. The van der Waals surface area contributed by atoms with Gasteiger partial charge in [0, 0.05) is 43.4 Å². The van der Waals surface area contributed by atoms with Gasteiger partial charge in [0.1, 0.15) is 5.82 Å². The number of hydrogen-bond donors (Lipinski definition) is 2. The summed E-state index contributed by atoms with van der Waals surface area (Å²) in [7, 11) is -3.64. The van der Waals surface area contributed by atoms with Crippen molar-refractivity contribution in [3.63, 3.8) is 0 Å². The molecule has 3 rings (SSSR count). The highest BCUT2D eigenvalue weighted by molar-refractivity contribution is 7.89. The molecule has 1 fully saturated rings. The quantitative estimate of drug-likeness (QED) is 0.407. The molecule has 0 amide bonds. The first-order valence-corrected chi connectivity index (χ1v) is 11.0. The second-order valence-corrected chi connectivity index (χ2v) is 8.75. The Labute approximate surface area is 175 Å². The molecule has 1 aliphatic rings. The Kier molecular flexibility index (Phi) is 6.94.